The predicted molar refractivity (Wildman–Crippen MR) is 86.4 cm³/mol. The maximum Gasteiger partial charge on any atom is 0.0803 e. The van der Waals surface area contributed by atoms with Crippen LogP contribution in [0.3, 0.4) is 0 Å². The van der Waals surface area contributed by atoms with Crippen LogP contribution in [0.5, 0.6) is 0 Å². The average Bonchev–Trinajstić information content (AvgIpc) is 3.10. The molecule has 0 aliphatic rings. The molecule has 2 N–H and O–H groups in total. The third kappa shape index (κ3) is 3.89. The summed E-state index contributed by atoms with van der Waals surface area (Å²) in [5.41, 5.74) is 8.43. The van der Waals surface area contributed by atoms with Crippen LogP contribution in [0.1, 0.15) is 68.4 Å². The number of nitrogens with zero attached hydrogens (tertiary/aromatic N) is 4. The summed E-state index contributed by atoms with van der Waals surface area (Å²) in [7, 11) is 0. The Morgan fingerprint density at radius 2 is 2.05 bits per heavy atom. The summed E-state index contributed by atoms with van der Waals surface area (Å²) < 4.78 is 6.12. The summed E-state index contributed by atoms with van der Waals surface area (Å²) in [5, 5.41) is 8.87. The van der Waals surface area contributed by atoms with Crippen molar-refractivity contribution >= 4 is 11.5 Å². The minimum absolute atomic E-state index is 0.0587. The Morgan fingerprint density at radius 1 is 1.29 bits per heavy atom. The van der Waals surface area contributed by atoms with Crippen LogP contribution >= 0.6 is 11.5 Å². The van der Waals surface area contributed by atoms with Gasteiger partial charge in [0.1, 0.15) is 0 Å². The molecule has 2 rings (SSSR count). The SMILES string of the molecule is CCCc1nnsc1C(N)Cc1ccn(C(CC)CC)n1. The fraction of sp³-hybridized carbons (Fsp3) is 0.667. The normalized spacial score (nSPS) is 13.0. The van der Waals surface area contributed by atoms with Crippen molar-refractivity contribution in [2.75, 3.05) is 0 Å². The Hall–Kier alpha value is -1.27. The van der Waals surface area contributed by atoms with Crippen LogP contribution in [0.25, 0.3) is 0 Å². The molecule has 0 saturated heterocycles. The Bertz CT molecular complexity index is 544. The first kappa shape index (κ1) is 16.1. The van der Waals surface area contributed by atoms with Crippen LogP contribution < -0.4 is 5.73 Å². The highest BCUT2D eigenvalue weighted by molar-refractivity contribution is 7.05. The van der Waals surface area contributed by atoms with Crippen molar-refractivity contribution in [3.8, 4) is 0 Å². The second-order valence-electron chi connectivity index (χ2n) is 5.40. The second kappa shape index (κ2) is 7.66. The zero-order chi connectivity index (χ0) is 15.2. The van der Waals surface area contributed by atoms with Crippen molar-refractivity contribution in [3.05, 3.63) is 28.5 Å². The molecule has 0 spiro atoms. The maximum absolute atomic E-state index is 6.33. The van der Waals surface area contributed by atoms with Crippen molar-refractivity contribution in [2.45, 2.75) is 65.0 Å². The van der Waals surface area contributed by atoms with E-state index in [-0.39, 0.29) is 6.04 Å². The summed E-state index contributed by atoms with van der Waals surface area (Å²) in [6.45, 7) is 6.54. The standard InChI is InChI=1S/C15H25N5S/c1-4-7-14-15(21-19-17-14)13(16)10-11-8-9-20(18-11)12(5-2)6-3/h8-9,12-13H,4-7,10,16H2,1-3H3. The lowest BCUT2D eigenvalue weighted by Crippen LogP contribution is -2.15. The van der Waals surface area contributed by atoms with Crippen molar-refractivity contribution < 1.29 is 0 Å². The quantitative estimate of drug-likeness (QED) is 0.812. The molecule has 0 radical (unpaired) electrons. The summed E-state index contributed by atoms with van der Waals surface area (Å²) in [4.78, 5) is 1.11. The third-order valence-electron chi connectivity index (χ3n) is 3.82. The van der Waals surface area contributed by atoms with Crippen LogP contribution in [0.15, 0.2) is 12.3 Å². The lowest BCUT2D eigenvalue weighted by atomic mass is 10.1. The van der Waals surface area contributed by atoms with Crippen LogP contribution in [-0.2, 0) is 12.8 Å². The first-order valence-electron chi connectivity index (χ1n) is 7.80. The van der Waals surface area contributed by atoms with Crippen molar-refractivity contribution in [2.24, 2.45) is 5.73 Å². The number of aryl methyl sites for hydroxylation is 1. The van der Waals surface area contributed by atoms with E-state index in [1.165, 1.54) is 11.5 Å². The van der Waals surface area contributed by atoms with Gasteiger partial charge in [-0.05, 0) is 36.9 Å². The molecule has 1 atom stereocenters. The molecule has 0 fully saturated rings. The fourth-order valence-corrected chi connectivity index (χ4v) is 3.27. The minimum atomic E-state index is -0.0587. The summed E-state index contributed by atoms with van der Waals surface area (Å²) in [5.74, 6) is 0. The first-order valence-corrected chi connectivity index (χ1v) is 8.57. The van der Waals surface area contributed by atoms with Gasteiger partial charge in [0.2, 0.25) is 0 Å². The Labute approximate surface area is 130 Å². The molecule has 0 saturated carbocycles. The highest BCUT2D eigenvalue weighted by atomic mass is 32.1. The molecule has 21 heavy (non-hydrogen) atoms. The summed E-state index contributed by atoms with van der Waals surface area (Å²) in [6.07, 6.45) is 7.02. The Balaban J connectivity index is 2.05. The highest BCUT2D eigenvalue weighted by Crippen LogP contribution is 2.23. The topological polar surface area (TPSA) is 69.6 Å². The van der Waals surface area contributed by atoms with E-state index in [4.69, 9.17) is 5.73 Å². The lowest BCUT2D eigenvalue weighted by molar-refractivity contribution is 0.424. The molecule has 0 aliphatic carbocycles. The smallest absolute Gasteiger partial charge is 0.0803 e. The maximum atomic E-state index is 6.33. The van der Waals surface area contributed by atoms with E-state index >= 15 is 0 Å². The molecule has 6 heteroatoms. The summed E-state index contributed by atoms with van der Waals surface area (Å²) >= 11 is 1.42. The van der Waals surface area contributed by atoms with Gasteiger partial charge in [-0.15, -0.1) is 5.10 Å². The number of nitrogens with two attached hydrogens (primary N) is 1. The van der Waals surface area contributed by atoms with Gasteiger partial charge in [-0.25, -0.2) is 0 Å². The molecule has 1 unspecified atom stereocenters. The predicted octanol–water partition coefficient (Wildman–Crippen LogP) is 3.29. The number of hydrogen-bond donors (Lipinski definition) is 1. The van der Waals surface area contributed by atoms with E-state index in [1.807, 2.05) is 0 Å². The zero-order valence-electron chi connectivity index (χ0n) is 13.1. The monoisotopic (exact) mass is 307 g/mol. The van der Waals surface area contributed by atoms with Crippen LogP contribution in [-0.4, -0.2) is 19.4 Å². The van der Waals surface area contributed by atoms with Crippen molar-refractivity contribution in [1.82, 2.24) is 19.4 Å². The molecule has 2 heterocycles. The van der Waals surface area contributed by atoms with Crippen molar-refractivity contribution in [3.63, 3.8) is 0 Å². The van der Waals surface area contributed by atoms with Crippen LogP contribution in [0.2, 0.25) is 0 Å². The highest BCUT2D eigenvalue weighted by Gasteiger charge is 2.17. The molecular weight excluding hydrogens is 282 g/mol. The molecule has 0 aromatic carbocycles. The van der Waals surface area contributed by atoms with Gasteiger partial charge in [-0.1, -0.05) is 31.7 Å². The lowest BCUT2D eigenvalue weighted by Gasteiger charge is -2.13. The van der Waals surface area contributed by atoms with Gasteiger partial charge < -0.3 is 5.73 Å². The second-order valence-corrected chi connectivity index (χ2v) is 6.19. The molecule has 0 amide bonds. The molecule has 116 valence electrons. The molecule has 0 bridgehead atoms. The van der Waals surface area contributed by atoms with Gasteiger partial charge >= 0.3 is 0 Å². The van der Waals surface area contributed by atoms with Gasteiger partial charge in [0, 0.05) is 18.7 Å². The summed E-state index contributed by atoms with van der Waals surface area (Å²) in [6, 6.07) is 2.50. The van der Waals surface area contributed by atoms with E-state index < -0.39 is 0 Å². The molecule has 2 aromatic rings. The largest absolute Gasteiger partial charge is 0.323 e. The molecule has 2 aromatic heterocycles. The number of aromatic nitrogens is 4. The van der Waals surface area contributed by atoms with E-state index in [9.17, 15) is 0 Å². The first-order chi connectivity index (χ1) is 10.2. The van der Waals surface area contributed by atoms with Gasteiger partial charge in [0.05, 0.1) is 22.3 Å². The average molecular weight is 307 g/mol. The van der Waals surface area contributed by atoms with Crippen molar-refractivity contribution in [1.29, 1.82) is 0 Å². The van der Waals surface area contributed by atoms with E-state index in [0.29, 0.717) is 6.04 Å². The van der Waals surface area contributed by atoms with Gasteiger partial charge in [0.25, 0.3) is 0 Å². The molecule has 0 aliphatic heterocycles. The van der Waals surface area contributed by atoms with Crippen LogP contribution in [0, 0.1) is 0 Å². The number of rotatable bonds is 8. The minimum Gasteiger partial charge on any atom is -0.323 e. The fourth-order valence-electron chi connectivity index (χ4n) is 2.58. The van der Waals surface area contributed by atoms with Gasteiger partial charge in [-0.2, -0.15) is 5.10 Å². The number of hydrogen-bond acceptors (Lipinski definition) is 5. The van der Waals surface area contributed by atoms with E-state index in [2.05, 4.69) is 52.4 Å². The Kier molecular flexibility index (Phi) is 5.87. The van der Waals surface area contributed by atoms with Crippen LogP contribution in [0.4, 0.5) is 0 Å². The zero-order valence-corrected chi connectivity index (χ0v) is 13.9. The van der Waals surface area contributed by atoms with E-state index in [0.717, 1.165) is 48.4 Å². The van der Waals surface area contributed by atoms with E-state index in [1.54, 1.807) is 0 Å². The third-order valence-corrected chi connectivity index (χ3v) is 4.72. The molecule has 5 nitrogen and oxygen atoms in total. The molecular formula is C15H25N5S. The van der Waals surface area contributed by atoms with Gasteiger partial charge in [-0.3, -0.25) is 4.68 Å². The van der Waals surface area contributed by atoms with Gasteiger partial charge in [0.15, 0.2) is 0 Å². The Morgan fingerprint density at radius 3 is 2.71 bits per heavy atom.